The first-order valence-electron chi connectivity index (χ1n) is 11.8. The molecule has 4 aromatic rings. The highest BCUT2D eigenvalue weighted by atomic mass is 35.5. The summed E-state index contributed by atoms with van der Waals surface area (Å²) in [4.78, 5) is 15.3. The smallest absolute Gasteiger partial charge is 0.171 e. The lowest BCUT2D eigenvalue weighted by Crippen LogP contribution is -2.81. The van der Waals surface area contributed by atoms with Gasteiger partial charge < -0.3 is 16.5 Å². The number of allylic oxidation sites excluding steroid dienone is 1. The Bertz CT molecular complexity index is 1480. The molecule has 1 unspecified atom stereocenters. The van der Waals surface area contributed by atoms with Gasteiger partial charge in [0, 0.05) is 47.0 Å². The fourth-order valence-electron chi connectivity index (χ4n) is 4.66. The van der Waals surface area contributed by atoms with Crippen LogP contribution in [0.25, 0.3) is 39.0 Å². The molecule has 9 heteroatoms. The minimum absolute atomic E-state index is 0.121. The molecular weight excluding hydrogens is 482 g/mol. The van der Waals surface area contributed by atoms with E-state index in [1.807, 2.05) is 30.5 Å². The van der Waals surface area contributed by atoms with Crippen molar-refractivity contribution in [1.82, 2.24) is 15.0 Å². The molecule has 1 aliphatic carbocycles. The molecule has 0 aliphatic heterocycles. The molecule has 6 N–H and O–H groups in total. The predicted molar refractivity (Wildman–Crippen MR) is 139 cm³/mol. The van der Waals surface area contributed by atoms with Gasteiger partial charge in [-0.3, -0.25) is 4.98 Å². The number of nitrogens with two attached hydrogens (primary N) is 2. The lowest BCUT2D eigenvalue weighted by Gasteiger charge is -2.20. The van der Waals surface area contributed by atoms with Crippen molar-refractivity contribution in [2.24, 2.45) is 11.5 Å². The van der Waals surface area contributed by atoms with Gasteiger partial charge in [0.1, 0.15) is 11.6 Å². The third kappa shape index (κ3) is 4.74. The minimum atomic E-state index is -0.816. The summed E-state index contributed by atoms with van der Waals surface area (Å²) >= 11 is 5.91. The monoisotopic (exact) mass is 507 g/mol. The van der Waals surface area contributed by atoms with Crippen LogP contribution in [0.15, 0.2) is 55.1 Å². The van der Waals surface area contributed by atoms with E-state index in [4.69, 9.17) is 23.1 Å². The number of imidazole rings is 1. The third-order valence-electron chi connectivity index (χ3n) is 6.66. The molecule has 184 valence electrons. The summed E-state index contributed by atoms with van der Waals surface area (Å²) in [7, 11) is 0. The summed E-state index contributed by atoms with van der Waals surface area (Å²) in [6.07, 6.45) is 11.0. The van der Waals surface area contributed by atoms with E-state index >= 15 is 0 Å². The zero-order valence-electron chi connectivity index (χ0n) is 19.4. The van der Waals surface area contributed by atoms with E-state index in [9.17, 15) is 8.78 Å². The highest BCUT2D eigenvalue weighted by Crippen LogP contribution is 2.34. The van der Waals surface area contributed by atoms with Crippen LogP contribution in [0.5, 0.6) is 0 Å². The van der Waals surface area contributed by atoms with Gasteiger partial charge in [0.2, 0.25) is 0 Å². The average Bonchev–Trinajstić information content (AvgIpc) is 3.37. The molecule has 6 nitrogen and oxygen atoms in total. The number of benzene rings is 2. The van der Waals surface area contributed by atoms with E-state index in [1.165, 1.54) is 12.4 Å². The molecule has 1 aliphatic rings. The number of nitrogens with zero attached hydrogens (tertiary/aromatic N) is 2. The molecule has 0 spiro atoms. The van der Waals surface area contributed by atoms with Crippen molar-refractivity contribution < 1.29 is 13.8 Å². The van der Waals surface area contributed by atoms with Crippen molar-refractivity contribution >= 4 is 34.3 Å². The summed E-state index contributed by atoms with van der Waals surface area (Å²) in [5.41, 5.74) is 16.4. The second-order valence-corrected chi connectivity index (χ2v) is 9.40. The summed E-state index contributed by atoms with van der Waals surface area (Å²) in [6.45, 7) is 0. The van der Waals surface area contributed by atoms with Gasteiger partial charge in [0.25, 0.3) is 0 Å². The highest BCUT2D eigenvalue weighted by molar-refractivity contribution is 6.31. The number of nitrogens with one attached hydrogen (secondary N) is 2. The molecule has 2 aromatic heterocycles. The summed E-state index contributed by atoms with van der Waals surface area (Å²) in [5, 5.41) is 0.693. The van der Waals surface area contributed by atoms with Crippen LogP contribution in [-0.2, 0) is 0 Å². The van der Waals surface area contributed by atoms with Gasteiger partial charge >= 0.3 is 0 Å². The van der Waals surface area contributed by atoms with Crippen LogP contribution in [-0.4, -0.2) is 33.3 Å². The highest BCUT2D eigenvalue weighted by Gasteiger charge is 2.25. The van der Waals surface area contributed by atoms with E-state index in [0.717, 1.165) is 59.4 Å². The van der Waals surface area contributed by atoms with Crippen molar-refractivity contribution in [3.05, 3.63) is 77.3 Å². The molecule has 0 saturated heterocycles. The van der Waals surface area contributed by atoms with E-state index in [2.05, 4.69) is 19.9 Å². The molecule has 0 amide bonds. The Labute approximate surface area is 212 Å². The van der Waals surface area contributed by atoms with Crippen LogP contribution in [0, 0.1) is 11.6 Å². The van der Waals surface area contributed by atoms with E-state index in [0.29, 0.717) is 11.4 Å². The van der Waals surface area contributed by atoms with Crippen molar-refractivity contribution in [3.63, 3.8) is 0 Å². The SMILES string of the molecule is NC=C(C=[NH+][C@@H]1CCCCC1N)c1cnc2ccc(-c3nc[nH]c3-c3cc(Cl)c(F)cc3F)cc2c1. The van der Waals surface area contributed by atoms with Crippen LogP contribution in [0.2, 0.25) is 5.02 Å². The lowest BCUT2D eigenvalue weighted by molar-refractivity contribution is -0.504. The van der Waals surface area contributed by atoms with Crippen molar-refractivity contribution in [1.29, 1.82) is 0 Å². The maximum atomic E-state index is 14.6. The van der Waals surface area contributed by atoms with Gasteiger partial charge in [0.15, 0.2) is 12.3 Å². The van der Waals surface area contributed by atoms with Crippen LogP contribution >= 0.6 is 11.6 Å². The predicted octanol–water partition coefficient (Wildman–Crippen LogP) is 3.94. The van der Waals surface area contributed by atoms with Crippen LogP contribution in [0.3, 0.4) is 0 Å². The van der Waals surface area contributed by atoms with Crippen LogP contribution < -0.4 is 16.5 Å². The molecule has 0 radical (unpaired) electrons. The standard InChI is InChI=1S/C27H25ClF2N6/c28-20-9-19(21(29)10-22(20)30)27-26(35-14-36-27)15-5-6-24-16(7-15)8-17(12-33-24)18(11-31)13-34-25-4-2-1-3-23(25)32/h5-14,23,25H,1-4,31-32H2,(H,35,36)/p+1/t23?,25-/m1/s1. The normalized spacial score (nSPS) is 18.8. The fourth-order valence-corrected chi connectivity index (χ4v) is 4.82. The van der Waals surface area contributed by atoms with Gasteiger partial charge in [-0.2, -0.15) is 0 Å². The molecule has 2 atom stereocenters. The van der Waals surface area contributed by atoms with E-state index in [-0.39, 0.29) is 22.7 Å². The van der Waals surface area contributed by atoms with Gasteiger partial charge in [-0.1, -0.05) is 24.1 Å². The Kier molecular flexibility index (Phi) is 6.80. The Morgan fingerprint density at radius 2 is 1.92 bits per heavy atom. The summed E-state index contributed by atoms with van der Waals surface area (Å²) in [5.74, 6) is -1.55. The number of aromatic amines is 1. The fraction of sp³-hybridized carbons (Fsp3) is 0.222. The largest absolute Gasteiger partial charge is 0.404 e. The maximum Gasteiger partial charge on any atom is 0.171 e. The summed E-state index contributed by atoms with van der Waals surface area (Å²) in [6, 6.07) is 10.00. The number of fused-ring (bicyclic) bond motifs is 1. The number of halogens is 3. The Hall–Kier alpha value is -3.62. The quantitative estimate of drug-likeness (QED) is 0.242. The van der Waals surface area contributed by atoms with Gasteiger partial charge in [-0.05, 0) is 37.1 Å². The average molecular weight is 508 g/mol. The number of pyridine rings is 1. The van der Waals surface area contributed by atoms with Crippen LogP contribution in [0.1, 0.15) is 31.2 Å². The Morgan fingerprint density at radius 1 is 1.08 bits per heavy atom. The topological polar surface area (TPSA) is 108 Å². The first-order valence-corrected chi connectivity index (χ1v) is 12.2. The second-order valence-electron chi connectivity index (χ2n) is 8.99. The molecule has 1 saturated carbocycles. The first kappa shape index (κ1) is 24.1. The van der Waals surface area contributed by atoms with Gasteiger partial charge in [0.05, 0.1) is 39.9 Å². The van der Waals surface area contributed by atoms with E-state index in [1.54, 1.807) is 12.4 Å². The molecule has 1 fully saturated rings. The van der Waals surface area contributed by atoms with Crippen molar-refractivity contribution in [3.8, 4) is 22.5 Å². The number of H-pyrrole nitrogens is 1. The Balaban J connectivity index is 1.49. The maximum absolute atomic E-state index is 14.6. The lowest BCUT2D eigenvalue weighted by atomic mass is 9.91. The van der Waals surface area contributed by atoms with Crippen molar-refractivity contribution in [2.75, 3.05) is 0 Å². The number of hydrogen-bond donors (Lipinski definition) is 4. The van der Waals surface area contributed by atoms with Gasteiger partial charge in [-0.25, -0.2) is 18.8 Å². The Morgan fingerprint density at radius 3 is 2.72 bits per heavy atom. The number of hydrogen-bond acceptors (Lipinski definition) is 4. The molecule has 2 heterocycles. The zero-order chi connectivity index (χ0) is 25.2. The van der Waals surface area contributed by atoms with Crippen LogP contribution in [0.4, 0.5) is 8.78 Å². The minimum Gasteiger partial charge on any atom is -0.404 e. The molecule has 36 heavy (non-hydrogen) atoms. The molecule has 5 rings (SSSR count). The summed E-state index contributed by atoms with van der Waals surface area (Å²) < 4.78 is 28.2. The van der Waals surface area contributed by atoms with Gasteiger partial charge in [-0.15, -0.1) is 0 Å². The van der Waals surface area contributed by atoms with E-state index < -0.39 is 11.6 Å². The third-order valence-corrected chi connectivity index (χ3v) is 6.95. The first-order chi connectivity index (χ1) is 17.4. The molecule has 0 bridgehead atoms. The second kappa shape index (κ2) is 10.2. The number of rotatable bonds is 5. The number of aromatic nitrogens is 3. The molecular formula is C27H26ClF2N6+. The zero-order valence-corrected chi connectivity index (χ0v) is 20.2. The molecule has 2 aromatic carbocycles. The van der Waals surface area contributed by atoms with Crippen molar-refractivity contribution in [2.45, 2.75) is 37.8 Å².